The zero-order valence-electron chi connectivity index (χ0n) is 17.5. The lowest BCUT2D eigenvalue weighted by Gasteiger charge is -2.39. The molecule has 1 saturated heterocycles. The molecule has 1 aromatic carbocycles. The molecule has 0 unspecified atom stereocenters. The first kappa shape index (κ1) is 20.3. The van der Waals surface area contributed by atoms with Crippen molar-refractivity contribution in [1.82, 2.24) is 19.9 Å². The number of hydrogen-bond donors (Lipinski definition) is 5. The smallest absolute Gasteiger partial charge is 0.164 e. The number of anilines is 1. The molecule has 5 rings (SSSR count). The third-order valence-corrected chi connectivity index (χ3v) is 6.69. The van der Waals surface area contributed by atoms with E-state index < -0.39 is 29.6 Å². The molecule has 2 aliphatic rings. The van der Waals surface area contributed by atoms with E-state index in [9.17, 15) is 15.3 Å². The largest absolute Gasteiger partial charge is 0.385 e. The molecule has 3 aromatic rings. The van der Waals surface area contributed by atoms with Gasteiger partial charge in [-0.3, -0.25) is 0 Å². The highest BCUT2D eigenvalue weighted by molar-refractivity contribution is 5.86. The molecule has 0 aliphatic carbocycles. The third-order valence-electron chi connectivity index (χ3n) is 6.69. The van der Waals surface area contributed by atoms with Crippen LogP contribution in [0.25, 0.3) is 11.0 Å². The summed E-state index contributed by atoms with van der Waals surface area (Å²) in [6.07, 6.45) is 0.521. The van der Waals surface area contributed by atoms with E-state index in [-0.39, 0.29) is 0 Å². The molecular formula is C22H27N5O4. The van der Waals surface area contributed by atoms with Crippen molar-refractivity contribution in [3.8, 4) is 0 Å². The first-order valence-corrected chi connectivity index (χ1v) is 10.4. The van der Waals surface area contributed by atoms with Gasteiger partial charge in [0.2, 0.25) is 0 Å². The van der Waals surface area contributed by atoms with E-state index in [1.54, 1.807) is 23.8 Å². The normalized spacial score (nSPS) is 30.3. The molecule has 0 spiro atoms. The highest BCUT2D eigenvalue weighted by atomic mass is 16.6. The van der Waals surface area contributed by atoms with Crippen molar-refractivity contribution in [2.75, 3.05) is 12.3 Å². The number of fused-ring (bicyclic) bond motifs is 2. The number of aromatic nitrogens is 3. The third kappa shape index (κ3) is 2.96. The molecule has 4 heterocycles. The van der Waals surface area contributed by atoms with Crippen LogP contribution in [-0.4, -0.2) is 54.2 Å². The van der Waals surface area contributed by atoms with Crippen LogP contribution >= 0.6 is 0 Å². The van der Waals surface area contributed by atoms with Crippen molar-refractivity contribution in [2.45, 2.75) is 56.5 Å². The Morgan fingerprint density at radius 1 is 1.32 bits per heavy atom. The standard InChI is InChI=1S/C22H27N5O4/c1-21(29,15-5-3-4-12-6-8-24-10-14(12)15)20-22(2,30)16(28)19(31-20)27-9-7-13-17(23)25-11-26-18(13)27/h3-5,7,9,11,16,19-20,24,28-30H,6,8,10H2,1-2H3,(H2,23,25,26)/t16-,19+,20+,21+,22-/m0/s1. The SMILES string of the molecule is C[C@]1(O)[C@@H](O)[C@H](n2ccc3c(N)ncnc32)O[C@@H]1[C@](C)(O)c1cccc2c1CNCC2. The summed E-state index contributed by atoms with van der Waals surface area (Å²) in [5, 5.41) is 38.0. The second-order valence-electron chi connectivity index (χ2n) is 8.81. The van der Waals surface area contributed by atoms with Gasteiger partial charge in [0.05, 0.1) is 5.39 Å². The van der Waals surface area contributed by atoms with Crippen LogP contribution in [0.1, 0.15) is 36.8 Å². The van der Waals surface area contributed by atoms with Gasteiger partial charge in [0.25, 0.3) is 0 Å². The van der Waals surface area contributed by atoms with E-state index >= 15 is 0 Å². The summed E-state index contributed by atoms with van der Waals surface area (Å²) in [4.78, 5) is 8.24. The van der Waals surface area contributed by atoms with Crippen molar-refractivity contribution >= 4 is 16.9 Å². The Bertz CT molecular complexity index is 1140. The highest BCUT2D eigenvalue weighted by Gasteiger charge is 2.60. The Balaban J connectivity index is 1.57. The van der Waals surface area contributed by atoms with Crippen molar-refractivity contribution in [1.29, 1.82) is 0 Å². The Labute approximate surface area is 179 Å². The summed E-state index contributed by atoms with van der Waals surface area (Å²) in [5.74, 6) is 0.315. The first-order chi connectivity index (χ1) is 14.7. The Morgan fingerprint density at radius 3 is 2.94 bits per heavy atom. The van der Waals surface area contributed by atoms with Crippen molar-refractivity contribution < 1.29 is 20.1 Å². The van der Waals surface area contributed by atoms with E-state index in [0.717, 1.165) is 24.1 Å². The molecule has 5 atom stereocenters. The molecule has 9 nitrogen and oxygen atoms in total. The van der Waals surface area contributed by atoms with Gasteiger partial charge in [-0.1, -0.05) is 18.2 Å². The van der Waals surface area contributed by atoms with Crippen molar-refractivity contribution in [2.24, 2.45) is 0 Å². The summed E-state index contributed by atoms with van der Waals surface area (Å²) < 4.78 is 7.80. The topological polar surface area (TPSA) is 139 Å². The number of nitrogen functional groups attached to an aromatic ring is 1. The average Bonchev–Trinajstić information content (AvgIpc) is 3.27. The minimum Gasteiger partial charge on any atom is -0.385 e. The number of nitrogens with zero attached hydrogens (tertiary/aromatic N) is 3. The molecule has 2 aromatic heterocycles. The van der Waals surface area contributed by atoms with Crippen molar-refractivity contribution in [3.63, 3.8) is 0 Å². The van der Waals surface area contributed by atoms with Gasteiger partial charge in [0, 0.05) is 12.7 Å². The maximum atomic E-state index is 11.7. The lowest BCUT2D eigenvalue weighted by molar-refractivity contribution is -0.162. The van der Waals surface area contributed by atoms with Gasteiger partial charge in [-0.05, 0) is 49.6 Å². The number of rotatable bonds is 3. The zero-order chi connectivity index (χ0) is 22.0. The summed E-state index contributed by atoms with van der Waals surface area (Å²) in [7, 11) is 0. The second-order valence-corrected chi connectivity index (χ2v) is 8.81. The van der Waals surface area contributed by atoms with Crippen LogP contribution in [0.4, 0.5) is 5.82 Å². The number of benzene rings is 1. The fourth-order valence-corrected chi connectivity index (χ4v) is 5.04. The molecular weight excluding hydrogens is 398 g/mol. The Hall–Kier alpha value is -2.56. The monoisotopic (exact) mass is 425 g/mol. The zero-order valence-corrected chi connectivity index (χ0v) is 17.5. The minimum atomic E-state index is -1.73. The molecule has 1 fully saturated rings. The summed E-state index contributed by atoms with van der Waals surface area (Å²) in [6, 6.07) is 7.55. The molecule has 0 saturated carbocycles. The number of nitrogens with one attached hydrogen (secondary N) is 1. The number of hydrogen-bond acceptors (Lipinski definition) is 8. The van der Waals surface area contributed by atoms with Crippen LogP contribution in [0.3, 0.4) is 0 Å². The fourth-order valence-electron chi connectivity index (χ4n) is 5.04. The first-order valence-electron chi connectivity index (χ1n) is 10.4. The average molecular weight is 425 g/mol. The molecule has 0 bridgehead atoms. The van der Waals surface area contributed by atoms with E-state index in [4.69, 9.17) is 10.5 Å². The molecule has 9 heteroatoms. The van der Waals surface area contributed by atoms with Crippen LogP contribution in [-0.2, 0) is 23.3 Å². The lowest BCUT2D eigenvalue weighted by atomic mass is 9.77. The second kappa shape index (κ2) is 6.98. The molecule has 6 N–H and O–H groups in total. The Kier molecular flexibility index (Phi) is 4.58. The molecule has 164 valence electrons. The molecule has 0 radical (unpaired) electrons. The van der Waals surface area contributed by atoms with Crippen LogP contribution < -0.4 is 11.1 Å². The Morgan fingerprint density at radius 2 is 2.13 bits per heavy atom. The molecule has 2 aliphatic heterocycles. The maximum Gasteiger partial charge on any atom is 0.164 e. The number of aliphatic hydroxyl groups excluding tert-OH is 1. The van der Waals surface area contributed by atoms with Crippen LogP contribution in [0.15, 0.2) is 36.8 Å². The lowest BCUT2D eigenvalue weighted by Crippen LogP contribution is -2.54. The number of aliphatic hydroxyl groups is 3. The quantitative estimate of drug-likeness (QED) is 0.411. The van der Waals surface area contributed by atoms with E-state index in [0.29, 0.717) is 29.0 Å². The van der Waals surface area contributed by atoms with Crippen LogP contribution in [0, 0.1) is 0 Å². The van der Waals surface area contributed by atoms with Gasteiger partial charge >= 0.3 is 0 Å². The minimum absolute atomic E-state index is 0.315. The molecule has 31 heavy (non-hydrogen) atoms. The summed E-state index contributed by atoms with van der Waals surface area (Å²) in [6.45, 7) is 4.61. The summed E-state index contributed by atoms with van der Waals surface area (Å²) in [5.41, 5.74) is 5.97. The van der Waals surface area contributed by atoms with Gasteiger partial charge in [0.15, 0.2) is 6.23 Å². The maximum absolute atomic E-state index is 11.7. The van der Waals surface area contributed by atoms with Crippen molar-refractivity contribution in [3.05, 3.63) is 53.5 Å². The number of nitrogens with two attached hydrogens (primary N) is 1. The van der Waals surface area contributed by atoms with Crippen LogP contribution in [0.2, 0.25) is 0 Å². The van der Waals surface area contributed by atoms with Gasteiger partial charge in [0.1, 0.15) is 41.2 Å². The number of ether oxygens (including phenoxy) is 1. The van der Waals surface area contributed by atoms with Gasteiger partial charge in [-0.25, -0.2) is 9.97 Å². The fraction of sp³-hybridized carbons (Fsp3) is 0.455. The van der Waals surface area contributed by atoms with E-state index in [1.165, 1.54) is 13.3 Å². The van der Waals surface area contributed by atoms with E-state index in [1.807, 2.05) is 12.1 Å². The highest BCUT2D eigenvalue weighted by Crippen LogP contribution is 2.47. The predicted molar refractivity (Wildman–Crippen MR) is 114 cm³/mol. The van der Waals surface area contributed by atoms with Crippen LogP contribution in [0.5, 0.6) is 0 Å². The molecule has 0 amide bonds. The van der Waals surface area contributed by atoms with Gasteiger partial charge in [-0.15, -0.1) is 0 Å². The van der Waals surface area contributed by atoms with Gasteiger partial charge < -0.3 is 35.7 Å². The van der Waals surface area contributed by atoms with E-state index in [2.05, 4.69) is 21.4 Å². The summed E-state index contributed by atoms with van der Waals surface area (Å²) >= 11 is 0. The predicted octanol–water partition coefficient (Wildman–Crippen LogP) is 0.576. The van der Waals surface area contributed by atoms with Gasteiger partial charge in [-0.2, -0.15) is 0 Å².